The lowest BCUT2D eigenvalue weighted by Gasteiger charge is -2.30. The molecule has 0 radical (unpaired) electrons. The van der Waals surface area contributed by atoms with E-state index in [2.05, 4.69) is 5.32 Å². The largest absolute Gasteiger partial charge is 0.444 e. The van der Waals surface area contributed by atoms with Crippen LogP contribution in [0.4, 0.5) is 9.80 Å². The third kappa shape index (κ3) is 5.13. The minimum atomic E-state index is -0.499. The molecule has 1 aromatic carbocycles. The highest BCUT2D eigenvalue weighted by molar-refractivity contribution is 7.16. The first-order valence-corrected chi connectivity index (χ1v) is 10.5. The second-order valence-electron chi connectivity index (χ2n) is 8.14. The van der Waals surface area contributed by atoms with Crippen LogP contribution in [-0.4, -0.2) is 29.0 Å². The smallest absolute Gasteiger partial charge is 0.410 e. The molecular formula is C22H28N2O3S. The quantitative estimate of drug-likeness (QED) is 0.792. The molecular weight excluding hydrogens is 372 g/mol. The Hall–Kier alpha value is -2.34. The van der Waals surface area contributed by atoms with E-state index >= 15 is 0 Å². The van der Waals surface area contributed by atoms with Crippen molar-refractivity contribution in [2.24, 2.45) is 0 Å². The number of ether oxygens (including phenoxy) is 1. The fraction of sp³-hybridized carbons (Fsp3) is 0.455. The number of carbonyl (C=O) groups is 2. The normalized spacial score (nSPS) is 13.8. The SMILES string of the molecule is Cc1c(NC(=O)CCc2ccccc2)sc2c1CCN(C(=O)OC(C)(C)C)C2. The molecule has 28 heavy (non-hydrogen) atoms. The Balaban J connectivity index is 1.61. The standard InChI is InChI=1S/C22H28N2O3S/c1-15-17-12-13-24(21(26)27-22(2,3)4)14-18(17)28-20(15)23-19(25)11-10-16-8-6-5-7-9-16/h5-9H,10-14H2,1-4H3,(H,23,25). The molecule has 0 aliphatic carbocycles. The van der Waals surface area contributed by atoms with Crippen LogP contribution in [-0.2, 0) is 28.9 Å². The zero-order valence-corrected chi connectivity index (χ0v) is 17.8. The Kier molecular flexibility index (Phi) is 6.08. The molecule has 2 heterocycles. The number of amides is 2. The molecule has 5 nitrogen and oxygen atoms in total. The summed E-state index contributed by atoms with van der Waals surface area (Å²) in [6.07, 6.45) is 1.69. The fourth-order valence-corrected chi connectivity index (χ4v) is 4.54. The van der Waals surface area contributed by atoms with Crippen molar-refractivity contribution < 1.29 is 14.3 Å². The molecule has 0 unspecified atom stereocenters. The van der Waals surface area contributed by atoms with Crippen molar-refractivity contribution in [2.45, 2.75) is 59.1 Å². The first-order valence-electron chi connectivity index (χ1n) is 9.66. The van der Waals surface area contributed by atoms with Crippen LogP contribution in [0.15, 0.2) is 30.3 Å². The van der Waals surface area contributed by atoms with E-state index in [9.17, 15) is 9.59 Å². The second kappa shape index (κ2) is 8.35. The summed E-state index contributed by atoms with van der Waals surface area (Å²) in [6, 6.07) is 10.0. The van der Waals surface area contributed by atoms with E-state index in [4.69, 9.17) is 4.74 Å². The van der Waals surface area contributed by atoms with Crippen LogP contribution in [0.5, 0.6) is 0 Å². The number of carbonyl (C=O) groups excluding carboxylic acids is 2. The highest BCUT2D eigenvalue weighted by Crippen LogP contribution is 2.36. The first-order chi connectivity index (χ1) is 13.2. The van der Waals surface area contributed by atoms with Crippen LogP contribution in [0.3, 0.4) is 0 Å². The van der Waals surface area contributed by atoms with Gasteiger partial charge in [-0.05, 0) is 57.2 Å². The lowest BCUT2D eigenvalue weighted by atomic mass is 10.0. The molecule has 150 valence electrons. The van der Waals surface area contributed by atoms with Gasteiger partial charge >= 0.3 is 6.09 Å². The number of benzene rings is 1. The number of hydrogen-bond acceptors (Lipinski definition) is 4. The summed E-state index contributed by atoms with van der Waals surface area (Å²) in [7, 11) is 0. The minimum absolute atomic E-state index is 0.0227. The lowest BCUT2D eigenvalue weighted by molar-refractivity contribution is -0.116. The maximum Gasteiger partial charge on any atom is 0.410 e. The minimum Gasteiger partial charge on any atom is -0.444 e. The van der Waals surface area contributed by atoms with E-state index < -0.39 is 5.60 Å². The molecule has 0 atom stereocenters. The predicted octanol–water partition coefficient (Wildman–Crippen LogP) is 4.92. The molecule has 6 heteroatoms. The van der Waals surface area contributed by atoms with Crippen molar-refractivity contribution >= 4 is 28.3 Å². The zero-order chi connectivity index (χ0) is 20.3. The van der Waals surface area contributed by atoms with Gasteiger partial charge in [-0.2, -0.15) is 0 Å². The third-order valence-electron chi connectivity index (χ3n) is 4.71. The van der Waals surface area contributed by atoms with E-state index in [0.29, 0.717) is 19.5 Å². The third-order valence-corrected chi connectivity index (χ3v) is 5.94. The van der Waals surface area contributed by atoms with Crippen molar-refractivity contribution in [1.82, 2.24) is 4.90 Å². The number of fused-ring (bicyclic) bond motifs is 1. The van der Waals surface area contributed by atoms with Gasteiger partial charge in [0.05, 0.1) is 11.5 Å². The maximum atomic E-state index is 12.4. The van der Waals surface area contributed by atoms with E-state index in [-0.39, 0.29) is 12.0 Å². The van der Waals surface area contributed by atoms with Gasteiger partial charge in [-0.15, -0.1) is 11.3 Å². The van der Waals surface area contributed by atoms with Crippen molar-refractivity contribution in [3.8, 4) is 0 Å². The monoisotopic (exact) mass is 400 g/mol. The summed E-state index contributed by atoms with van der Waals surface area (Å²) in [5, 5.41) is 3.96. The topological polar surface area (TPSA) is 58.6 Å². The van der Waals surface area contributed by atoms with Crippen LogP contribution in [0.2, 0.25) is 0 Å². The summed E-state index contributed by atoms with van der Waals surface area (Å²) in [4.78, 5) is 27.6. The number of thiophene rings is 1. The lowest BCUT2D eigenvalue weighted by Crippen LogP contribution is -2.39. The summed E-state index contributed by atoms with van der Waals surface area (Å²) >= 11 is 1.57. The van der Waals surface area contributed by atoms with E-state index in [0.717, 1.165) is 33.8 Å². The summed E-state index contributed by atoms with van der Waals surface area (Å²) in [5.74, 6) is 0.0227. The van der Waals surface area contributed by atoms with Crippen LogP contribution in [0.1, 0.15) is 48.8 Å². The van der Waals surface area contributed by atoms with Crippen LogP contribution in [0, 0.1) is 6.92 Å². The molecule has 0 saturated heterocycles. The summed E-state index contributed by atoms with van der Waals surface area (Å²) in [6.45, 7) is 8.84. The van der Waals surface area contributed by atoms with Crippen LogP contribution >= 0.6 is 11.3 Å². The van der Waals surface area contributed by atoms with Crippen molar-refractivity contribution in [3.05, 3.63) is 51.9 Å². The van der Waals surface area contributed by atoms with Gasteiger partial charge in [0.1, 0.15) is 5.60 Å². The molecule has 0 bridgehead atoms. The van der Waals surface area contributed by atoms with Gasteiger partial charge in [-0.25, -0.2) is 4.79 Å². The molecule has 2 amide bonds. The number of anilines is 1. The van der Waals surface area contributed by atoms with Crippen molar-refractivity contribution in [2.75, 3.05) is 11.9 Å². The van der Waals surface area contributed by atoms with E-state index in [1.165, 1.54) is 5.56 Å². The molecule has 1 aliphatic rings. The van der Waals surface area contributed by atoms with Gasteiger partial charge < -0.3 is 15.0 Å². The number of nitrogens with zero attached hydrogens (tertiary/aromatic N) is 1. The Labute approximate surface area is 170 Å². The Morgan fingerprint density at radius 3 is 2.61 bits per heavy atom. The average Bonchev–Trinajstić information content (AvgIpc) is 2.94. The fourth-order valence-electron chi connectivity index (χ4n) is 3.25. The Bertz CT molecular complexity index is 853. The van der Waals surface area contributed by atoms with Crippen molar-refractivity contribution in [3.63, 3.8) is 0 Å². The van der Waals surface area contributed by atoms with Crippen LogP contribution < -0.4 is 5.32 Å². The van der Waals surface area contributed by atoms with Gasteiger partial charge in [-0.3, -0.25) is 4.79 Å². The van der Waals surface area contributed by atoms with Gasteiger partial charge in [0, 0.05) is 17.8 Å². The van der Waals surface area contributed by atoms with E-state index in [1.54, 1.807) is 16.2 Å². The van der Waals surface area contributed by atoms with Crippen molar-refractivity contribution in [1.29, 1.82) is 0 Å². The molecule has 1 N–H and O–H groups in total. The first kappa shape index (κ1) is 20.4. The van der Waals surface area contributed by atoms with Gasteiger partial charge in [-0.1, -0.05) is 30.3 Å². The molecule has 3 rings (SSSR count). The average molecular weight is 401 g/mol. The highest BCUT2D eigenvalue weighted by atomic mass is 32.1. The molecule has 1 aromatic heterocycles. The Morgan fingerprint density at radius 2 is 1.93 bits per heavy atom. The molecule has 1 aliphatic heterocycles. The Morgan fingerprint density at radius 1 is 1.21 bits per heavy atom. The number of rotatable bonds is 4. The van der Waals surface area contributed by atoms with Gasteiger partial charge in [0.25, 0.3) is 0 Å². The number of nitrogens with one attached hydrogen (secondary N) is 1. The zero-order valence-electron chi connectivity index (χ0n) is 17.0. The highest BCUT2D eigenvalue weighted by Gasteiger charge is 2.28. The van der Waals surface area contributed by atoms with E-state index in [1.807, 2.05) is 58.0 Å². The number of hydrogen-bond donors (Lipinski definition) is 1. The maximum absolute atomic E-state index is 12.4. The molecule has 0 saturated carbocycles. The molecule has 2 aromatic rings. The van der Waals surface area contributed by atoms with Crippen LogP contribution in [0.25, 0.3) is 0 Å². The number of aryl methyl sites for hydroxylation is 1. The summed E-state index contributed by atoms with van der Waals surface area (Å²) < 4.78 is 5.49. The van der Waals surface area contributed by atoms with Gasteiger partial charge in [0.15, 0.2) is 0 Å². The van der Waals surface area contributed by atoms with Gasteiger partial charge in [0.2, 0.25) is 5.91 Å². The molecule has 0 fully saturated rings. The predicted molar refractivity (Wildman–Crippen MR) is 113 cm³/mol. The molecule has 0 spiro atoms. The summed E-state index contributed by atoms with van der Waals surface area (Å²) in [5.41, 5.74) is 3.04. The second-order valence-corrected chi connectivity index (χ2v) is 9.25.